The molecule has 0 heterocycles. The number of aliphatic hydroxyl groups is 1. The van der Waals surface area contributed by atoms with Crippen molar-refractivity contribution in [1.82, 2.24) is 0 Å². The Balaban J connectivity index is 0.00000208. The summed E-state index contributed by atoms with van der Waals surface area (Å²) in [6.45, 7) is 0.349. The third-order valence-electron chi connectivity index (χ3n) is 4.25. The maximum atomic E-state index is 11.9. The highest BCUT2D eigenvalue weighted by Crippen LogP contribution is 2.35. The topological polar surface area (TPSA) is 98.6 Å². The van der Waals surface area contributed by atoms with Crippen LogP contribution in [0.3, 0.4) is 0 Å². The number of carbonyl (C=O) groups is 1. The van der Waals surface area contributed by atoms with Gasteiger partial charge in [-0.05, 0) is 35.6 Å². The monoisotopic (exact) mass is 348 g/mol. The van der Waals surface area contributed by atoms with Crippen molar-refractivity contribution in [2.75, 3.05) is 0 Å². The van der Waals surface area contributed by atoms with E-state index < -0.39 is 12.0 Å². The fourth-order valence-electron chi connectivity index (χ4n) is 3.01. The van der Waals surface area contributed by atoms with Crippen LogP contribution < -0.4 is 16.2 Å². The second-order valence-corrected chi connectivity index (χ2v) is 5.79. The van der Waals surface area contributed by atoms with Crippen LogP contribution in [0.4, 0.5) is 0 Å². The van der Waals surface area contributed by atoms with Crippen molar-refractivity contribution in [3.63, 3.8) is 0 Å². The number of halogens is 1. The van der Waals surface area contributed by atoms with Crippen molar-refractivity contribution >= 4 is 18.3 Å². The summed E-state index contributed by atoms with van der Waals surface area (Å²) in [6, 6.07) is 12.8. The average molecular weight is 349 g/mol. The number of ether oxygens (including phenoxy) is 1. The van der Waals surface area contributed by atoms with Crippen molar-refractivity contribution in [2.24, 2.45) is 11.5 Å². The summed E-state index contributed by atoms with van der Waals surface area (Å²) >= 11 is 0. The lowest BCUT2D eigenvalue weighted by Crippen LogP contribution is -2.34. The van der Waals surface area contributed by atoms with Crippen LogP contribution in [0.2, 0.25) is 0 Å². The molecule has 1 aliphatic carbocycles. The lowest BCUT2D eigenvalue weighted by Gasteiger charge is -2.29. The molecule has 3 rings (SSSR count). The van der Waals surface area contributed by atoms with Crippen LogP contribution >= 0.6 is 12.4 Å². The van der Waals surface area contributed by atoms with Crippen molar-refractivity contribution < 1.29 is 14.6 Å². The normalized spacial score (nSPS) is 19.1. The first kappa shape index (κ1) is 18.3. The van der Waals surface area contributed by atoms with E-state index >= 15 is 0 Å². The fraction of sp³-hybridized carbons (Fsp3) is 0.278. The van der Waals surface area contributed by atoms with Crippen molar-refractivity contribution in [3.8, 4) is 5.75 Å². The quantitative estimate of drug-likeness (QED) is 0.787. The molecule has 0 fully saturated rings. The van der Waals surface area contributed by atoms with Gasteiger partial charge in [0.1, 0.15) is 12.4 Å². The summed E-state index contributed by atoms with van der Waals surface area (Å²) in [5.41, 5.74) is 14.2. The molecule has 0 bridgehead atoms. The number of hydrogen-bond donors (Lipinski definition) is 3. The molecule has 2 atom stereocenters. The number of primary amides is 1. The Morgan fingerprint density at radius 2 is 1.92 bits per heavy atom. The number of nitrogens with two attached hydrogens (primary N) is 2. The molecular formula is C18H21ClN2O3. The Bertz CT molecular complexity index is 722. The second kappa shape index (κ2) is 7.66. The third-order valence-corrected chi connectivity index (χ3v) is 4.25. The van der Waals surface area contributed by atoms with Gasteiger partial charge in [-0.25, -0.2) is 0 Å². The Morgan fingerprint density at radius 3 is 2.58 bits per heavy atom. The standard InChI is InChI=1S/C18H20N2O3.ClH/c19-14-8-6-12-13(17(14)21)7-9-15(16(12)18(20)22)23-10-11-4-2-1-3-5-11;/h1-5,7,9,14,17,21H,6,8,10,19H2,(H2,20,22);1H/t14-,17-;/m0./s1. The summed E-state index contributed by atoms with van der Waals surface area (Å²) < 4.78 is 5.80. The smallest absolute Gasteiger partial charge is 0.252 e. The van der Waals surface area contributed by atoms with Gasteiger partial charge in [0.15, 0.2) is 0 Å². The Kier molecular flexibility index (Phi) is 5.83. The molecule has 0 saturated carbocycles. The van der Waals surface area contributed by atoms with Crippen LogP contribution in [0, 0.1) is 0 Å². The van der Waals surface area contributed by atoms with Gasteiger partial charge in [-0.15, -0.1) is 12.4 Å². The van der Waals surface area contributed by atoms with E-state index in [2.05, 4.69) is 0 Å². The van der Waals surface area contributed by atoms with Gasteiger partial charge in [0, 0.05) is 6.04 Å². The van der Waals surface area contributed by atoms with E-state index in [-0.39, 0.29) is 18.4 Å². The molecule has 5 nitrogen and oxygen atoms in total. The fourth-order valence-corrected chi connectivity index (χ4v) is 3.01. The molecule has 5 N–H and O–H groups in total. The lowest BCUT2D eigenvalue weighted by molar-refractivity contribution is 0.0991. The van der Waals surface area contributed by atoms with E-state index in [0.29, 0.717) is 36.3 Å². The minimum absolute atomic E-state index is 0. The average Bonchev–Trinajstić information content (AvgIpc) is 2.56. The molecule has 6 heteroatoms. The number of carbonyl (C=O) groups excluding carboxylic acids is 1. The number of amides is 1. The summed E-state index contributed by atoms with van der Waals surface area (Å²) in [5, 5.41) is 10.2. The van der Waals surface area contributed by atoms with Crippen LogP contribution in [0.15, 0.2) is 42.5 Å². The minimum Gasteiger partial charge on any atom is -0.488 e. The highest BCUT2D eigenvalue weighted by atomic mass is 35.5. The maximum Gasteiger partial charge on any atom is 0.252 e. The number of rotatable bonds is 4. The zero-order valence-electron chi connectivity index (χ0n) is 13.1. The van der Waals surface area contributed by atoms with Gasteiger partial charge < -0.3 is 21.3 Å². The zero-order chi connectivity index (χ0) is 16.4. The largest absolute Gasteiger partial charge is 0.488 e. The first-order valence-corrected chi connectivity index (χ1v) is 7.64. The molecule has 128 valence electrons. The van der Waals surface area contributed by atoms with Crippen LogP contribution in [0.1, 0.15) is 39.6 Å². The maximum absolute atomic E-state index is 11.9. The van der Waals surface area contributed by atoms with Crippen molar-refractivity contribution in [1.29, 1.82) is 0 Å². The SMILES string of the molecule is Cl.NC(=O)c1c(OCc2ccccc2)ccc2c1CC[C@H](N)[C@H]2O. The summed E-state index contributed by atoms with van der Waals surface area (Å²) in [5.74, 6) is -0.102. The molecule has 0 radical (unpaired) electrons. The number of benzene rings is 2. The first-order chi connectivity index (χ1) is 11.1. The molecule has 0 saturated heterocycles. The third kappa shape index (κ3) is 3.53. The van der Waals surface area contributed by atoms with Gasteiger partial charge in [-0.3, -0.25) is 4.79 Å². The summed E-state index contributed by atoms with van der Waals surface area (Å²) in [7, 11) is 0. The van der Waals surface area contributed by atoms with Crippen LogP contribution in [0.5, 0.6) is 5.75 Å². The predicted octanol–water partition coefficient (Wildman–Crippen LogP) is 2.09. The molecule has 0 aliphatic heterocycles. The molecule has 0 unspecified atom stereocenters. The van der Waals surface area contributed by atoms with Crippen LogP contribution in [-0.2, 0) is 13.0 Å². The van der Waals surface area contributed by atoms with E-state index in [4.69, 9.17) is 16.2 Å². The van der Waals surface area contributed by atoms with Gasteiger partial charge in [-0.2, -0.15) is 0 Å². The molecule has 2 aromatic rings. The molecule has 2 aromatic carbocycles. The van der Waals surface area contributed by atoms with E-state index in [9.17, 15) is 9.90 Å². The van der Waals surface area contributed by atoms with Gasteiger partial charge in [0.05, 0.1) is 11.7 Å². The Morgan fingerprint density at radius 1 is 1.21 bits per heavy atom. The molecule has 1 amide bonds. The van der Waals surface area contributed by atoms with Gasteiger partial charge in [-0.1, -0.05) is 36.4 Å². The van der Waals surface area contributed by atoms with Gasteiger partial charge in [0.2, 0.25) is 0 Å². The van der Waals surface area contributed by atoms with Gasteiger partial charge in [0.25, 0.3) is 5.91 Å². The first-order valence-electron chi connectivity index (χ1n) is 7.64. The molecular weight excluding hydrogens is 328 g/mol. The Labute approximate surface area is 147 Å². The number of fused-ring (bicyclic) bond motifs is 1. The van der Waals surface area contributed by atoms with E-state index in [1.807, 2.05) is 30.3 Å². The number of aliphatic hydroxyl groups excluding tert-OH is 1. The predicted molar refractivity (Wildman–Crippen MR) is 94.2 cm³/mol. The van der Waals surface area contributed by atoms with Crippen LogP contribution in [-0.4, -0.2) is 17.1 Å². The summed E-state index contributed by atoms with van der Waals surface area (Å²) in [6.07, 6.45) is 0.435. The van der Waals surface area contributed by atoms with Gasteiger partial charge >= 0.3 is 0 Å². The molecule has 0 spiro atoms. The highest BCUT2D eigenvalue weighted by Gasteiger charge is 2.29. The highest BCUT2D eigenvalue weighted by molar-refractivity contribution is 5.97. The van der Waals surface area contributed by atoms with E-state index in [0.717, 1.165) is 11.1 Å². The van der Waals surface area contributed by atoms with E-state index in [1.165, 1.54) is 0 Å². The molecule has 1 aliphatic rings. The van der Waals surface area contributed by atoms with Crippen molar-refractivity contribution in [3.05, 3.63) is 64.7 Å². The Hall–Kier alpha value is -2.08. The molecule has 0 aromatic heterocycles. The van der Waals surface area contributed by atoms with Crippen LogP contribution in [0.25, 0.3) is 0 Å². The number of hydrogen-bond acceptors (Lipinski definition) is 4. The lowest BCUT2D eigenvalue weighted by atomic mass is 9.83. The zero-order valence-corrected chi connectivity index (χ0v) is 14.0. The van der Waals surface area contributed by atoms with Crippen molar-refractivity contribution in [2.45, 2.75) is 31.6 Å². The molecule has 24 heavy (non-hydrogen) atoms. The second-order valence-electron chi connectivity index (χ2n) is 5.79. The van der Waals surface area contributed by atoms with E-state index in [1.54, 1.807) is 12.1 Å². The minimum atomic E-state index is -0.778. The summed E-state index contributed by atoms with van der Waals surface area (Å²) in [4.78, 5) is 11.9.